The third kappa shape index (κ3) is 3.01. The number of carbonyl (C=O) groups is 4. The summed E-state index contributed by atoms with van der Waals surface area (Å²) in [6.07, 6.45) is 0.343. The molecule has 25 heavy (non-hydrogen) atoms. The number of carbonyl (C=O) groups excluding carboxylic acids is 4. The minimum absolute atomic E-state index is 0.00215. The van der Waals surface area contributed by atoms with E-state index in [1.54, 1.807) is 12.1 Å². The molecular formula is C17H14N2O6. The number of ether oxygens (including phenoxy) is 1. The molecule has 3 amide bonds. The predicted octanol–water partition coefficient (Wildman–Crippen LogP) is 1.11. The van der Waals surface area contributed by atoms with Crippen molar-refractivity contribution in [3.63, 3.8) is 0 Å². The smallest absolute Gasteiger partial charge is 0.338 e. The Morgan fingerprint density at radius 1 is 1.20 bits per heavy atom. The van der Waals surface area contributed by atoms with E-state index in [2.05, 4.69) is 0 Å². The van der Waals surface area contributed by atoms with Crippen molar-refractivity contribution >= 4 is 23.7 Å². The normalized spacial score (nSPS) is 14.4. The second-order valence-corrected chi connectivity index (χ2v) is 5.49. The van der Waals surface area contributed by atoms with Gasteiger partial charge in [-0.05, 0) is 37.3 Å². The summed E-state index contributed by atoms with van der Waals surface area (Å²) < 4.78 is 10.0. The Hall–Kier alpha value is -3.42. The highest BCUT2D eigenvalue weighted by atomic mass is 16.5. The van der Waals surface area contributed by atoms with Crippen molar-refractivity contribution in [3.05, 3.63) is 59.0 Å². The van der Waals surface area contributed by atoms with Crippen LogP contribution in [0.3, 0.4) is 0 Å². The minimum Gasteiger partial charge on any atom is -0.467 e. The zero-order chi connectivity index (χ0) is 18.1. The number of furan rings is 1. The molecule has 0 fully saturated rings. The number of esters is 1. The lowest BCUT2D eigenvalue weighted by Gasteiger charge is -2.11. The van der Waals surface area contributed by atoms with Crippen LogP contribution in [-0.2, 0) is 16.1 Å². The summed E-state index contributed by atoms with van der Waals surface area (Å²) in [5, 5.41) is 0. The van der Waals surface area contributed by atoms with Gasteiger partial charge in [0, 0.05) is 0 Å². The first kappa shape index (κ1) is 16.4. The Balaban J connectivity index is 1.84. The van der Waals surface area contributed by atoms with Crippen molar-refractivity contribution < 1.29 is 28.3 Å². The van der Waals surface area contributed by atoms with Crippen LogP contribution in [-0.4, -0.2) is 34.7 Å². The topological polar surface area (TPSA) is 120 Å². The number of rotatable bonds is 5. The first-order chi connectivity index (χ1) is 11.9. The van der Waals surface area contributed by atoms with Crippen LogP contribution in [0.1, 0.15) is 43.8 Å². The standard InChI is InChI=1S/C17H14N2O6/c1-9(14(18)20)25-17(23)10-4-5-12-13(7-10)16(22)19(15(12)21)8-11-3-2-6-24-11/h2-7,9H,8H2,1H3,(H2,18,20). The molecule has 0 saturated carbocycles. The molecule has 1 aromatic heterocycles. The second-order valence-electron chi connectivity index (χ2n) is 5.49. The summed E-state index contributed by atoms with van der Waals surface area (Å²) in [5.41, 5.74) is 5.38. The highest BCUT2D eigenvalue weighted by molar-refractivity contribution is 6.21. The number of amides is 3. The van der Waals surface area contributed by atoms with Gasteiger partial charge in [-0.2, -0.15) is 0 Å². The van der Waals surface area contributed by atoms with Crippen molar-refractivity contribution in [2.45, 2.75) is 19.6 Å². The summed E-state index contributed by atoms with van der Waals surface area (Å²) in [5.74, 6) is -2.13. The number of benzene rings is 1. The van der Waals surface area contributed by atoms with Crippen LogP contribution in [0.4, 0.5) is 0 Å². The van der Waals surface area contributed by atoms with Gasteiger partial charge in [0.25, 0.3) is 17.7 Å². The number of hydrogen-bond donors (Lipinski definition) is 1. The molecule has 3 rings (SSSR count). The molecule has 1 aliphatic rings. The first-order valence-electron chi connectivity index (χ1n) is 7.41. The maximum atomic E-state index is 12.5. The second kappa shape index (κ2) is 6.23. The Morgan fingerprint density at radius 2 is 1.92 bits per heavy atom. The minimum atomic E-state index is -1.10. The van der Waals surface area contributed by atoms with E-state index in [-0.39, 0.29) is 23.2 Å². The first-order valence-corrected chi connectivity index (χ1v) is 7.41. The van der Waals surface area contributed by atoms with E-state index in [0.29, 0.717) is 5.76 Å². The molecule has 2 heterocycles. The lowest BCUT2D eigenvalue weighted by Crippen LogP contribution is -2.30. The SMILES string of the molecule is CC(OC(=O)c1ccc2c(c1)C(=O)N(Cc1ccco1)C2=O)C(N)=O. The summed E-state index contributed by atoms with van der Waals surface area (Å²) in [4.78, 5) is 48.9. The molecule has 1 unspecified atom stereocenters. The van der Waals surface area contributed by atoms with Gasteiger partial charge in [-0.3, -0.25) is 19.3 Å². The Labute approximate surface area is 142 Å². The average Bonchev–Trinajstić information content (AvgIpc) is 3.17. The molecule has 8 heteroatoms. The molecule has 1 atom stereocenters. The van der Waals surface area contributed by atoms with Gasteiger partial charge in [-0.15, -0.1) is 0 Å². The van der Waals surface area contributed by atoms with E-state index in [1.165, 1.54) is 31.4 Å². The van der Waals surface area contributed by atoms with Gasteiger partial charge in [0.2, 0.25) is 0 Å². The molecule has 1 aromatic carbocycles. The third-order valence-electron chi connectivity index (χ3n) is 3.78. The Bertz CT molecular complexity index is 871. The average molecular weight is 342 g/mol. The van der Waals surface area contributed by atoms with Gasteiger partial charge in [-0.1, -0.05) is 0 Å². The largest absolute Gasteiger partial charge is 0.467 e. The van der Waals surface area contributed by atoms with E-state index >= 15 is 0 Å². The van der Waals surface area contributed by atoms with E-state index < -0.39 is 29.8 Å². The highest BCUT2D eigenvalue weighted by Crippen LogP contribution is 2.26. The number of nitrogens with zero attached hydrogens (tertiary/aromatic N) is 1. The quantitative estimate of drug-likeness (QED) is 0.642. The van der Waals surface area contributed by atoms with E-state index in [4.69, 9.17) is 14.9 Å². The molecule has 2 N–H and O–H groups in total. The van der Waals surface area contributed by atoms with Crippen LogP contribution in [0, 0.1) is 0 Å². The van der Waals surface area contributed by atoms with Gasteiger partial charge in [0.1, 0.15) is 5.76 Å². The fourth-order valence-corrected chi connectivity index (χ4v) is 2.41. The molecule has 128 valence electrons. The molecular weight excluding hydrogens is 328 g/mol. The van der Waals surface area contributed by atoms with Crippen LogP contribution >= 0.6 is 0 Å². The van der Waals surface area contributed by atoms with Crippen LogP contribution in [0.2, 0.25) is 0 Å². The van der Waals surface area contributed by atoms with Gasteiger partial charge < -0.3 is 14.9 Å². The molecule has 0 radical (unpaired) electrons. The predicted molar refractivity (Wildman–Crippen MR) is 83.4 cm³/mol. The number of primary amides is 1. The Kier molecular flexibility index (Phi) is 4.10. The summed E-state index contributed by atoms with van der Waals surface area (Å²) >= 11 is 0. The lowest BCUT2D eigenvalue weighted by atomic mass is 10.1. The van der Waals surface area contributed by atoms with E-state index in [0.717, 1.165) is 4.90 Å². The Morgan fingerprint density at radius 3 is 2.56 bits per heavy atom. The zero-order valence-corrected chi connectivity index (χ0v) is 13.2. The van der Waals surface area contributed by atoms with Gasteiger partial charge in [-0.25, -0.2) is 4.79 Å². The monoisotopic (exact) mass is 342 g/mol. The lowest BCUT2D eigenvalue weighted by molar-refractivity contribution is -0.125. The van der Waals surface area contributed by atoms with Crippen molar-refractivity contribution in [1.82, 2.24) is 4.90 Å². The summed E-state index contributed by atoms with van der Waals surface area (Å²) in [6.45, 7) is 1.34. The van der Waals surface area contributed by atoms with Gasteiger partial charge in [0.15, 0.2) is 6.10 Å². The van der Waals surface area contributed by atoms with Crippen molar-refractivity contribution in [1.29, 1.82) is 0 Å². The summed E-state index contributed by atoms with van der Waals surface area (Å²) in [7, 11) is 0. The number of hydrogen-bond acceptors (Lipinski definition) is 6. The molecule has 8 nitrogen and oxygen atoms in total. The van der Waals surface area contributed by atoms with Crippen LogP contribution < -0.4 is 5.73 Å². The van der Waals surface area contributed by atoms with Crippen molar-refractivity contribution in [2.24, 2.45) is 5.73 Å². The van der Waals surface area contributed by atoms with Crippen LogP contribution in [0.5, 0.6) is 0 Å². The molecule has 0 bridgehead atoms. The highest BCUT2D eigenvalue weighted by Gasteiger charge is 2.36. The molecule has 0 aliphatic carbocycles. The molecule has 2 aromatic rings. The number of fused-ring (bicyclic) bond motifs is 1. The van der Waals surface area contributed by atoms with E-state index in [1.807, 2.05) is 0 Å². The summed E-state index contributed by atoms with van der Waals surface area (Å²) in [6, 6.07) is 7.31. The van der Waals surface area contributed by atoms with Gasteiger partial charge in [0.05, 0.1) is 29.5 Å². The van der Waals surface area contributed by atoms with Crippen molar-refractivity contribution in [3.8, 4) is 0 Å². The van der Waals surface area contributed by atoms with E-state index in [9.17, 15) is 19.2 Å². The van der Waals surface area contributed by atoms with Crippen LogP contribution in [0.15, 0.2) is 41.0 Å². The van der Waals surface area contributed by atoms with Crippen LogP contribution in [0.25, 0.3) is 0 Å². The molecule has 0 spiro atoms. The molecule has 1 aliphatic heterocycles. The fraction of sp³-hybridized carbons (Fsp3) is 0.176. The third-order valence-corrected chi connectivity index (χ3v) is 3.78. The number of imide groups is 1. The fourth-order valence-electron chi connectivity index (χ4n) is 2.41. The maximum Gasteiger partial charge on any atom is 0.338 e. The maximum absolute atomic E-state index is 12.5. The number of nitrogens with two attached hydrogens (primary N) is 1. The molecule has 0 saturated heterocycles. The zero-order valence-electron chi connectivity index (χ0n) is 13.2. The van der Waals surface area contributed by atoms with Crippen molar-refractivity contribution in [2.75, 3.05) is 0 Å². The van der Waals surface area contributed by atoms with Gasteiger partial charge >= 0.3 is 5.97 Å².